The summed E-state index contributed by atoms with van der Waals surface area (Å²) in [7, 11) is 0. The van der Waals surface area contributed by atoms with E-state index in [1.807, 2.05) is 0 Å². The van der Waals surface area contributed by atoms with Gasteiger partial charge in [0.1, 0.15) is 6.10 Å². The lowest BCUT2D eigenvalue weighted by molar-refractivity contribution is 0.192. The van der Waals surface area contributed by atoms with Gasteiger partial charge in [-0.25, -0.2) is 13.8 Å². The minimum Gasteiger partial charge on any atom is -0.504 e. The lowest BCUT2D eigenvalue weighted by atomic mass is 9.90. The number of pyridine rings is 1. The summed E-state index contributed by atoms with van der Waals surface area (Å²) in [6, 6.07) is 6.08. The number of benzene rings is 1. The van der Waals surface area contributed by atoms with Crippen molar-refractivity contribution < 1.29 is 18.6 Å². The van der Waals surface area contributed by atoms with Gasteiger partial charge in [-0.3, -0.25) is 0 Å². The number of aromatic nitrogens is 3. The van der Waals surface area contributed by atoms with Gasteiger partial charge >= 0.3 is 0 Å². The van der Waals surface area contributed by atoms with Gasteiger partial charge < -0.3 is 20.1 Å². The molecule has 0 aliphatic carbocycles. The molecular weight excluding hydrogens is 464 g/mol. The molecule has 1 aromatic carbocycles. The normalized spacial score (nSPS) is 21.1. The average molecular weight is 488 g/mol. The zero-order valence-corrected chi connectivity index (χ0v) is 19.5. The molecule has 0 amide bonds. The maximum Gasteiger partial charge on any atom is 0.251 e. The number of nitrogens with one attached hydrogen (secondary N) is 1. The van der Waals surface area contributed by atoms with Gasteiger partial charge in [-0.2, -0.15) is 0 Å². The molecule has 0 spiro atoms. The van der Waals surface area contributed by atoms with E-state index in [1.54, 1.807) is 25.3 Å². The van der Waals surface area contributed by atoms with Crippen molar-refractivity contribution in [3.05, 3.63) is 53.2 Å². The van der Waals surface area contributed by atoms with E-state index in [-0.39, 0.29) is 29.0 Å². The first-order valence-electron chi connectivity index (χ1n) is 11.1. The van der Waals surface area contributed by atoms with Gasteiger partial charge in [-0.15, -0.1) is 21.8 Å². The first kappa shape index (κ1) is 22.6. The van der Waals surface area contributed by atoms with Crippen molar-refractivity contribution in [2.75, 3.05) is 23.3 Å². The number of phenolic OH excluding ortho intramolecular Hbond substituents is 1. The van der Waals surface area contributed by atoms with E-state index in [0.29, 0.717) is 42.1 Å². The molecule has 0 radical (unpaired) electrons. The Balaban J connectivity index is 1.48. The summed E-state index contributed by atoms with van der Waals surface area (Å²) in [5, 5.41) is 22.0. The Hall–Kier alpha value is -3.20. The van der Waals surface area contributed by atoms with Gasteiger partial charge in [0.25, 0.3) is 5.88 Å². The van der Waals surface area contributed by atoms with Gasteiger partial charge in [-0.1, -0.05) is 13.0 Å². The standard InChI is InChI=1S/C24H24ClF2N5O2/c1-3-24-8-15(34-23-20(27)13(2)14(9-25)10-28-23)11-32(24)19-7-18(30-31-22(19)29-12-24)16-5-4-6-17(26)21(16)33/h4-7,10,15,33H,3,8-9,11-12H2,1-2H3,(H,29,31)/t15-,24-/m1/s1. The molecule has 2 aliphatic rings. The van der Waals surface area contributed by atoms with Crippen LogP contribution in [-0.4, -0.2) is 45.0 Å². The number of ether oxygens (including phenoxy) is 1. The monoisotopic (exact) mass is 487 g/mol. The van der Waals surface area contributed by atoms with Crippen molar-refractivity contribution in [2.24, 2.45) is 0 Å². The topological polar surface area (TPSA) is 83.4 Å². The molecule has 1 saturated heterocycles. The van der Waals surface area contributed by atoms with Crippen molar-refractivity contribution >= 4 is 23.1 Å². The zero-order valence-electron chi connectivity index (χ0n) is 18.8. The van der Waals surface area contributed by atoms with Crippen molar-refractivity contribution in [2.45, 2.75) is 44.2 Å². The highest BCUT2D eigenvalue weighted by Crippen LogP contribution is 2.45. The number of rotatable bonds is 5. The molecule has 10 heteroatoms. The predicted octanol–water partition coefficient (Wildman–Crippen LogP) is 4.80. The molecular formula is C24H24ClF2N5O2. The Morgan fingerprint density at radius 2 is 2.15 bits per heavy atom. The Morgan fingerprint density at radius 3 is 2.91 bits per heavy atom. The highest BCUT2D eigenvalue weighted by Gasteiger charge is 2.49. The van der Waals surface area contributed by atoms with E-state index < -0.39 is 17.4 Å². The van der Waals surface area contributed by atoms with Crippen LogP contribution in [-0.2, 0) is 5.88 Å². The minimum absolute atomic E-state index is 0.0334. The van der Waals surface area contributed by atoms with Crippen LogP contribution in [0.1, 0.15) is 30.9 Å². The van der Waals surface area contributed by atoms with E-state index in [1.165, 1.54) is 12.1 Å². The molecule has 0 unspecified atom stereocenters. The van der Waals surface area contributed by atoms with Crippen molar-refractivity contribution in [3.8, 4) is 22.9 Å². The molecule has 3 aromatic rings. The molecule has 5 rings (SSSR count). The van der Waals surface area contributed by atoms with E-state index in [4.69, 9.17) is 16.3 Å². The number of halogens is 3. The van der Waals surface area contributed by atoms with E-state index in [9.17, 15) is 13.9 Å². The quantitative estimate of drug-likeness (QED) is 0.500. The number of nitrogens with zero attached hydrogens (tertiary/aromatic N) is 4. The second-order valence-electron chi connectivity index (χ2n) is 8.75. The summed E-state index contributed by atoms with van der Waals surface area (Å²) >= 11 is 5.86. The first-order chi connectivity index (χ1) is 16.4. The number of alkyl halides is 1. The van der Waals surface area contributed by atoms with E-state index in [0.717, 1.165) is 12.1 Å². The second kappa shape index (κ2) is 8.54. The third kappa shape index (κ3) is 3.58. The SMILES string of the molecule is CC[C@@]12CNc3nnc(-c4cccc(F)c4O)cc3N1C[C@H](Oc1ncc(CCl)c(C)c1F)C2. The molecule has 0 saturated carbocycles. The minimum atomic E-state index is -0.724. The molecule has 34 heavy (non-hydrogen) atoms. The fourth-order valence-electron chi connectivity index (χ4n) is 4.84. The van der Waals surface area contributed by atoms with Gasteiger partial charge in [0.15, 0.2) is 23.2 Å². The molecule has 2 aromatic heterocycles. The highest BCUT2D eigenvalue weighted by atomic mass is 35.5. The molecule has 7 nitrogen and oxygen atoms in total. The smallest absolute Gasteiger partial charge is 0.251 e. The van der Waals surface area contributed by atoms with Crippen LogP contribution in [0.4, 0.5) is 20.3 Å². The summed E-state index contributed by atoms with van der Waals surface area (Å²) in [6.07, 6.45) is 2.69. The van der Waals surface area contributed by atoms with Gasteiger partial charge in [0.05, 0.1) is 23.5 Å². The van der Waals surface area contributed by atoms with Crippen LogP contribution in [0, 0.1) is 18.6 Å². The summed E-state index contributed by atoms with van der Waals surface area (Å²) in [5.74, 6) is -0.953. The third-order valence-electron chi connectivity index (χ3n) is 6.90. The highest BCUT2D eigenvalue weighted by molar-refractivity contribution is 6.17. The molecule has 2 atom stereocenters. The molecule has 2 N–H and O–H groups in total. The van der Waals surface area contributed by atoms with Crippen molar-refractivity contribution in [3.63, 3.8) is 0 Å². The van der Waals surface area contributed by atoms with E-state index in [2.05, 4.69) is 32.3 Å². The van der Waals surface area contributed by atoms with Gasteiger partial charge in [0.2, 0.25) is 0 Å². The molecule has 4 heterocycles. The molecule has 178 valence electrons. The van der Waals surface area contributed by atoms with Gasteiger partial charge in [0, 0.05) is 30.6 Å². The lowest BCUT2D eigenvalue weighted by Crippen LogP contribution is -2.52. The Bertz CT molecular complexity index is 1260. The number of aromatic hydroxyl groups is 1. The average Bonchev–Trinajstić information content (AvgIpc) is 3.23. The predicted molar refractivity (Wildman–Crippen MR) is 125 cm³/mol. The molecule has 1 fully saturated rings. The summed E-state index contributed by atoms with van der Waals surface area (Å²) in [4.78, 5) is 6.34. The Labute approximate surface area is 200 Å². The second-order valence-corrected chi connectivity index (χ2v) is 9.01. The summed E-state index contributed by atoms with van der Waals surface area (Å²) < 4.78 is 34.8. The molecule has 2 aliphatic heterocycles. The largest absolute Gasteiger partial charge is 0.504 e. The number of para-hydroxylation sites is 1. The van der Waals surface area contributed by atoms with Crippen LogP contribution in [0.5, 0.6) is 11.6 Å². The molecule has 0 bridgehead atoms. The number of fused-ring (bicyclic) bond motifs is 3. The first-order valence-corrected chi connectivity index (χ1v) is 11.6. The van der Waals surface area contributed by atoms with Crippen LogP contribution >= 0.6 is 11.6 Å². The Morgan fingerprint density at radius 1 is 1.32 bits per heavy atom. The fraction of sp³-hybridized carbons (Fsp3) is 0.375. The van der Waals surface area contributed by atoms with Crippen LogP contribution in [0.15, 0.2) is 30.5 Å². The number of anilines is 2. The van der Waals surface area contributed by atoms with Crippen LogP contribution in [0.25, 0.3) is 11.3 Å². The van der Waals surface area contributed by atoms with Crippen LogP contribution < -0.4 is 15.0 Å². The summed E-state index contributed by atoms with van der Waals surface area (Å²) in [5.41, 5.74) is 2.16. The third-order valence-corrected chi connectivity index (χ3v) is 7.18. The number of phenols is 1. The number of hydrogen-bond donors (Lipinski definition) is 2. The number of hydrogen-bond acceptors (Lipinski definition) is 7. The maximum atomic E-state index is 14.9. The zero-order chi connectivity index (χ0) is 24.0. The Kier molecular flexibility index (Phi) is 5.67. The van der Waals surface area contributed by atoms with Crippen LogP contribution in [0.2, 0.25) is 0 Å². The van der Waals surface area contributed by atoms with Crippen molar-refractivity contribution in [1.29, 1.82) is 0 Å². The lowest BCUT2D eigenvalue weighted by Gasteiger charge is -2.43. The maximum absolute atomic E-state index is 14.9. The fourth-order valence-corrected chi connectivity index (χ4v) is 5.11. The summed E-state index contributed by atoms with van der Waals surface area (Å²) in [6.45, 7) is 4.86. The van der Waals surface area contributed by atoms with Gasteiger partial charge in [-0.05, 0) is 42.7 Å². The van der Waals surface area contributed by atoms with E-state index >= 15 is 0 Å². The van der Waals surface area contributed by atoms with Crippen molar-refractivity contribution in [1.82, 2.24) is 15.2 Å². The van der Waals surface area contributed by atoms with Crippen LogP contribution in [0.3, 0.4) is 0 Å².